The molecule has 0 saturated heterocycles. The highest BCUT2D eigenvalue weighted by molar-refractivity contribution is 7.73. The van der Waals surface area contributed by atoms with Crippen molar-refractivity contribution in [1.82, 2.24) is 4.98 Å². The molecule has 2 aromatic rings. The summed E-state index contributed by atoms with van der Waals surface area (Å²) < 4.78 is 6.17. The molecule has 2 rings (SSSR count). The first-order chi connectivity index (χ1) is 14.8. The van der Waals surface area contributed by atoms with Crippen LogP contribution < -0.4 is 4.90 Å². The number of esters is 1. The fraction of sp³-hybridized carbons (Fsp3) is 0.455. The normalized spacial score (nSPS) is 11.8. The third kappa shape index (κ3) is 6.64. The highest BCUT2D eigenvalue weighted by Gasteiger charge is 2.26. The smallest absolute Gasteiger partial charge is 0.305 e. The van der Waals surface area contributed by atoms with Gasteiger partial charge in [0.15, 0.2) is 9.53 Å². The first-order valence-electron chi connectivity index (χ1n) is 10.1. The predicted octanol–water partition coefficient (Wildman–Crippen LogP) is 5.55. The van der Waals surface area contributed by atoms with Gasteiger partial charge in [-0.3, -0.25) is 9.59 Å². The molecule has 1 aromatic carbocycles. The lowest BCUT2D eigenvalue weighted by atomic mass is 10.1. The molecular formula is C22H27N3O4S2. The average molecular weight is 462 g/mol. The third-order valence-electron chi connectivity index (χ3n) is 4.80. The number of anilines is 1. The lowest BCUT2D eigenvalue weighted by Crippen LogP contribution is -2.38. The number of methoxy groups -OCH3 is 1. The second kappa shape index (κ2) is 11.6. The molecule has 0 atom stereocenters. The van der Waals surface area contributed by atoms with Crippen LogP contribution in [-0.4, -0.2) is 35.1 Å². The number of nitriles is 1. The van der Waals surface area contributed by atoms with Crippen molar-refractivity contribution in [2.24, 2.45) is 0 Å². The number of hydrogen-bond donors (Lipinski definition) is 2. The standard InChI is InChI=1S/C22H27N3O4S2/c1-14(2)25(15-10-11-17-19(12-15)31-22(30)24-17)21(28)16(13-23)18(26)8-6-4-5-7-9-20(27)29-3/h10-12,14,26H,4-9H2,1-3H3,(H,24,30)/b18-16-. The molecule has 0 aliphatic carbocycles. The number of benzene rings is 1. The van der Waals surface area contributed by atoms with Gasteiger partial charge in [-0.2, -0.15) is 5.26 Å². The fourth-order valence-electron chi connectivity index (χ4n) is 3.23. The van der Waals surface area contributed by atoms with Crippen LogP contribution in [0.15, 0.2) is 29.5 Å². The van der Waals surface area contributed by atoms with Crippen LogP contribution >= 0.6 is 23.6 Å². The molecule has 0 unspecified atom stereocenters. The minimum atomic E-state index is -0.529. The number of nitrogens with one attached hydrogen (secondary N) is 1. The monoisotopic (exact) mass is 461 g/mol. The van der Waals surface area contributed by atoms with Gasteiger partial charge in [-0.05, 0) is 57.1 Å². The number of carbonyl (C=O) groups excluding carboxylic acids is 2. The highest BCUT2D eigenvalue weighted by Crippen LogP contribution is 2.28. The molecule has 9 heteroatoms. The molecule has 1 heterocycles. The van der Waals surface area contributed by atoms with E-state index in [1.165, 1.54) is 23.3 Å². The summed E-state index contributed by atoms with van der Waals surface area (Å²) in [6.45, 7) is 3.71. The summed E-state index contributed by atoms with van der Waals surface area (Å²) in [6.07, 6.45) is 3.50. The number of hydrogen-bond acceptors (Lipinski definition) is 7. The Hall–Kier alpha value is -2.70. The van der Waals surface area contributed by atoms with Crippen molar-refractivity contribution in [2.45, 2.75) is 58.4 Å². The number of ether oxygens (including phenoxy) is 1. The Morgan fingerprint density at radius 3 is 2.55 bits per heavy atom. The van der Waals surface area contributed by atoms with Crippen LogP contribution in [0.1, 0.15) is 52.4 Å². The van der Waals surface area contributed by atoms with Crippen molar-refractivity contribution in [3.63, 3.8) is 0 Å². The summed E-state index contributed by atoms with van der Waals surface area (Å²) >= 11 is 6.60. The first kappa shape index (κ1) is 24.6. The van der Waals surface area contributed by atoms with E-state index in [9.17, 15) is 20.0 Å². The summed E-state index contributed by atoms with van der Waals surface area (Å²) in [7, 11) is 1.36. The first-order valence-corrected chi connectivity index (χ1v) is 11.4. The van der Waals surface area contributed by atoms with Crippen molar-refractivity contribution in [3.8, 4) is 6.07 Å². The maximum atomic E-state index is 13.2. The summed E-state index contributed by atoms with van der Waals surface area (Å²) in [5, 5.41) is 20.0. The van der Waals surface area contributed by atoms with Gasteiger partial charge >= 0.3 is 5.97 Å². The summed E-state index contributed by atoms with van der Waals surface area (Å²) in [4.78, 5) is 28.9. The Balaban J connectivity index is 2.11. The molecule has 0 bridgehead atoms. The van der Waals surface area contributed by atoms with E-state index >= 15 is 0 Å². The van der Waals surface area contributed by atoms with Gasteiger partial charge in [0.05, 0.1) is 17.3 Å². The molecule has 0 aliphatic heterocycles. The molecule has 0 fully saturated rings. The summed E-state index contributed by atoms with van der Waals surface area (Å²) in [5.74, 6) is -0.972. The molecule has 0 aliphatic rings. The number of aliphatic hydroxyl groups is 1. The van der Waals surface area contributed by atoms with Gasteiger partial charge in [0.2, 0.25) is 0 Å². The number of rotatable bonds is 10. The van der Waals surface area contributed by atoms with Crippen LogP contribution in [0.25, 0.3) is 10.2 Å². The minimum absolute atomic E-state index is 0.204. The molecular weight excluding hydrogens is 434 g/mol. The zero-order valence-corrected chi connectivity index (χ0v) is 19.6. The van der Waals surface area contributed by atoms with Crippen molar-refractivity contribution in [2.75, 3.05) is 12.0 Å². The summed E-state index contributed by atoms with van der Waals surface area (Å²) in [5.41, 5.74) is 1.28. The number of carbonyl (C=O) groups is 2. The maximum Gasteiger partial charge on any atom is 0.305 e. The van der Waals surface area contributed by atoms with E-state index < -0.39 is 5.91 Å². The number of thiazole rings is 1. The molecule has 1 aromatic heterocycles. The third-order valence-corrected chi connectivity index (χ3v) is 6.00. The lowest BCUT2D eigenvalue weighted by Gasteiger charge is -2.27. The van der Waals surface area contributed by atoms with Gasteiger partial charge < -0.3 is 19.7 Å². The van der Waals surface area contributed by atoms with Crippen LogP contribution in [0.5, 0.6) is 0 Å². The largest absolute Gasteiger partial charge is 0.511 e. The molecule has 7 nitrogen and oxygen atoms in total. The van der Waals surface area contributed by atoms with Crippen LogP contribution in [0.4, 0.5) is 5.69 Å². The fourth-order valence-corrected chi connectivity index (χ4v) is 4.38. The van der Waals surface area contributed by atoms with Gasteiger partial charge in [-0.15, -0.1) is 11.3 Å². The van der Waals surface area contributed by atoms with Crippen molar-refractivity contribution in [1.29, 1.82) is 5.26 Å². The van der Waals surface area contributed by atoms with E-state index in [1.807, 2.05) is 32.0 Å². The number of amides is 1. The Kier molecular flexibility index (Phi) is 9.21. The van der Waals surface area contributed by atoms with Crippen LogP contribution in [-0.2, 0) is 14.3 Å². The Morgan fingerprint density at radius 2 is 1.94 bits per heavy atom. The second-order valence-electron chi connectivity index (χ2n) is 7.39. The SMILES string of the molecule is COC(=O)CCCCCC/C(O)=C(\C#N)C(=O)N(c1ccc2[nH]c(=S)sc2c1)C(C)C. The van der Waals surface area contributed by atoms with E-state index in [0.717, 1.165) is 23.1 Å². The molecule has 31 heavy (non-hydrogen) atoms. The zero-order valence-electron chi connectivity index (χ0n) is 17.9. The molecule has 166 valence electrons. The van der Waals surface area contributed by atoms with E-state index in [0.29, 0.717) is 28.9 Å². The maximum absolute atomic E-state index is 13.2. The predicted molar refractivity (Wildman–Crippen MR) is 125 cm³/mol. The van der Waals surface area contributed by atoms with Crippen LogP contribution in [0, 0.1) is 15.3 Å². The molecule has 0 saturated carbocycles. The summed E-state index contributed by atoms with van der Waals surface area (Å²) in [6, 6.07) is 7.17. The Morgan fingerprint density at radius 1 is 1.26 bits per heavy atom. The topological polar surface area (TPSA) is 106 Å². The van der Waals surface area contributed by atoms with Crippen LogP contribution in [0.3, 0.4) is 0 Å². The number of fused-ring (bicyclic) bond motifs is 1. The lowest BCUT2D eigenvalue weighted by molar-refractivity contribution is -0.140. The average Bonchev–Trinajstić information content (AvgIpc) is 3.10. The Bertz CT molecular complexity index is 1060. The van der Waals surface area contributed by atoms with E-state index in [4.69, 9.17) is 12.2 Å². The van der Waals surface area contributed by atoms with Crippen molar-refractivity contribution >= 4 is 51.3 Å². The zero-order chi connectivity index (χ0) is 23.0. The quantitative estimate of drug-likeness (QED) is 0.120. The Labute approximate surface area is 190 Å². The molecule has 0 spiro atoms. The molecule has 1 amide bonds. The van der Waals surface area contributed by atoms with Gasteiger partial charge in [-0.25, -0.2) is 0 Å². The number of aromatic amines is 1. The van der Waals surface area contributed by atoms with Crippen LogP contribution in [0.2, 0.25) is 0 Å². The number of H-pyrrole nitrogens is 1. The minimum Gasteiger partial charge on any atom is -0.511 e. The van der Waals surface area contributed by atoms with Gasteiger partial charge in [0, 0.05) is 24.6 Å². The van der Waals surface area contributed by atoms with E-state index in [1.54, 1.807) is 6.07 Å². The number of nitrogens with zero attached hydrogens (tertiary/aromatic N) is 2. The number of aromatic nitrogens is 1. The molecule has 2 N–H and O–H groups in total. The van der Waals surface area contributed by atoms with E-state index in [-0.39, 0.29) is 29.8 Å². The van der Waals surface area contributed by atoms with Crippen molar-refractivity contribution in [3.05, 3.63) is 33.5 Å². The number of allylic oxidation sites excluding steroid dienone is 1. The highest BCUT2D eigenvalue weighted by atomic mass is 32.1. The number of unbranched alkanes of at least 4 members (excludes halogenated alkanes) is 3. The van der Waals surface area contributed by atoms with E-state index in [2.05, 4.69) is 9.72 Å². The van der Waals surface area contributed by atoms with Gasteiger partial charge in [-0.1, -0.05) is 12.8 Å². The number of aliphatic hydroxyl groups excluding tert-OH is 1. The van der Waals surface area contributed by atoms with Gasteiger partial charge in [0.1, 0.15) is 11.8 Å². The van der Waals surface area contributed by atoms with Gasteiger partial charge in [0.25, 0.3) is 5.91 Å². The second-order valence-corrected chi connectivity index (χ2v) is 9.11. The van der Waals surface area contributed by atoms with Crippen molar-refractivity contribution < 1.29 is 19.4 Å². The molecule has 0 radical (unpaired) electrons.